The third-order valence-corrected chi connectivity index (χ3v) is 3.26. The van der Waals surface area contributed by atoms with Crippen molar-refractivity contribution in [2.75, 3.05) is 0 Å². The maximum Gasteiger partial charge on any atom is 0.230 e. The molecule has 1 atom stereocenters. The second kappa shape index (κ2) is 6.61. The number of hydrogen-bond acceptors (Lipinski definition) is 4. The lowest BCUT2D eigenvalue weighted by atomic mass is 9.96. The monoisotopic (exact) mass is 277 g/mol. The Kier molecular flexibility index (Phi) is 4.84. The Balaban J connectivity index is 1.95. The van der Waals surface area contributed by atoms with Crippen molar-refractivity contribution in [1.29, 1.82) is 0 Å². The first-order valence-corrected chi connectivity index (χ1v) is 6.81. The first kappa shape index (κ1) is 14.7. The zero-order valence-corrected chi connectivity index (χ0v) is 12.1. The largest absolute Gasteiger partial charge is 0.424 e. The number of aryl methyl sites for hydroxylation is 1. The Bertz CT molecular complexity index is 536. The van der Waals surface area contributed by atoms with Crippen LogP contribution in [0.2, 0.25) is 0 Å². The SMILES string of the molecule is Cc1nnc(CN[C@H](Cc2ccc(F)cc2)C(C)C)o1. The predicted octanol–water partition coefficient (Wildman–Crippen LogP) is 2.87. The van der Waals surface area contributed by atoms with Crippen LogP contribution in [0.1, 0.15) is 31.2 Å². The van der Waals surface area contributed by atoms with Gasteiger partial charge in [-0.3, -0.25) is 0 Å². The van der Waals surface area contributed by atoms with Crippen molar-refractivity contribution in [2.24, 2.45) is 5.92 Å². The van der Waals surface area contributed by atoms with Gasteiger partial charge >= 0.3 is 0 Å². The van der Waals surface area contributed by atoms with Gasteiger partial charge in [0.1, 0.15) is 5.82 Å². The van der Waals surface area contributed by atoms with Crippen LogP contribution < -0.4 is 5.32 Å². The van der Waals surface area contributed by atoms with Gasteiger partial charge in [-0.05, 0) is 30.0 Å². The molecule has 0 aliphatic heterocycles. The number of nitrogens with zero attached hydrogens (tertiary/aromatic N) is 2. The highest BCUT2D eigenvalue weighted by Gasteiger charge is 2.15. The molecule has 0 saturated heterocycles. The highest BCUT2D eigenvalue weighted by molar-refractivity contribution is 5.17. The van der Waals surface area contributed by atoms with E-state index >= 15 is 0 Å². The molecule has 0 fully saturated rings. The lowest BCUT2D eigenvalue weighted by Gasteiger charge is -2.21. The van der Waals surface area contributed by atoms with Crippen molar-refractivity contribution in [2.45, 2.75) is 39.8 Å². The van der Waals surface area contributed by atoms with E-state index in [1.807, 2.05) is 12.1 Å². The lowest BCUT2D eigenvalue weighted by Crippen LogP contribution is -2.35. The van der Waals surface area contributed by atoms with Gasteiger partial charge < -0.3 is 9.73 Å². The molecule has 108 valence electrons. The van der Waals surface area contributed by atoms with Crippen LogP contribution >= 0.6 is 0 Å². The molecule has 0 unspecified atom stereocenters. The van der Waals surface area contributed by atoms with E-state index in [1.165, 1.54) is 12.1 Å². The van der Waals surface area contributed by atoms with Crippen LogP contribution in [0.15, 0.2) is 28.7 Å². The minimum Gasteiger partial charge on any atom is -0.424 e. The number of aromatic nitrogens is 2. The average molecular weight is 277 g/mol. The van der Waals surface area contributed by atoms with Gasteiger partial charge in [0.15, 0.2) is 0 Å². The summed E-state index contributed by atoms with van der Waals surface area (Å²) in [4.78, 5) is 0. The van der Waals surface area contributed by atoms with E-state index in [9.17, 15) is 4.39 Å². The molecular formula is C15H20FN3O. The van der Waals surface area contributed by atoms with Gasteiger partial charge in [-0.2, -0.15) is 0 Å². The number of hydrogen-bond donors (Lipinski definition) is 1. The van der Waals surface area contributed by atoms with E-state index in [0.717, 1.165) is 12.0 Å². The van der Waals surface area contributed by atoms with Crippen molar-refractivity contribution in [3.8, 4) is 0 Å². The van der Waals surface area contributed by atoms with Crippen LogP contribution in [0.5, 0.6) is 0 Å². The van der Waals surface area contributed by atoms with Crippen LogP contribution in [0, 0.1) is 18.7 Å². The van der Waals surface area contributed by atoms with E-state index in [4.69, 9.17) is 4.42 Å². The molecule has 20 heavy (non-hydrogen) atoms. The molecule has 0 saturated carbocycles. The molecule has 4 nitrogen and oxygen atoms in total. The maximum atomic E-state index is 12.9. The number of halogens is 1. The van der Waals surface area contributed by atoms with Gasteiger partial charge in [0, 0.05) is 13.0 Å². The summed E-state index contributed by atoms with van der Waals surface area (Å²) in [6, 6.07) is 6.90. The van der Waals surface area contributed by atoms with Crippen LogP contribution in [-0.2, 0) is 13.0 Å². The standard InChI is InChI=1S/C15H20FN3O/c1-10(2)14(8-12-4-6-13(16)7-5-12)17-9-15-19-18-11(3)20-15/h4-7,10,14,17H,8-9H2,1-3H3/t14-/m1/s1. The van der Waals surface area contributed by atoms with Gasteiger partial charge in [-0.15, -0.1) is 10.2 Å². The minimum absolute atomic E-state index is 0.204. The molecule has 2 rings (SSSR count). The topological polar surface area (TPSA) is 51.0 Å². The molecule has 0 spiro atoms. The third kappa shape index (κ3) is 4.13. The quantitative estimate of drug-likeness (QED) is 0.882. The molecule has 2 aromatic rings. The van der Waals surface area contributed by atoms with Gasteiger partial charge in [0.2, 0.25) is 11.8 Å². The third-order valence-electron chi connectivity index (χ3n) is 3.26. The van der Waals surface area contributed by atoms with Gasteiger partial charge in [-0.1, -0.05) is 26.0 Å². The predicted molar refractivity (Wildman–Crippen MR) is 74.6 cm³/mol. The fraction of sp³-hybridized carbons (Fsp3) is 0.467. The Morgan fingerprint density at radius 1 is 1.20 bits per heavy atom. The molecular weight excluding hydrogens is 257 g/mol. The normalized spacial score (nSPS) is 12.8. The second-order valence-electron chi connectivity index (χ2n) is 5.28. The molecule has 0 aliphatic rings. The van der Waals surface area contributed by atoms with Crippen LogP contribution in [0.3, 0.4) is 0 Å². The summed E-state index contributed by atoms with van der Waals surface area (Å²) in [5, 5.41) is 11.2. The molecule has 1 aromatic heterocycles. The van der Waals surface area contributed by atoms with Crippen molar-refractivity contribution in [3.05, 3.63) is 47.4 Å². The summed E-state index contributed by atoms with van der Waals surface area (Å²) in [7, 11) is 0. The van der Waals surface area contributed by atoms with Crippen LogP contribution in [-0.4, -0.2) is 16.2 Å². The van der Waals surface area contributed by atoms with E-state index in [0.29, 0.717) is 24.2 Å². The Labute approximate surface area is 118 Å². The smallest absolute Gasteiger partial charge is 0.230 e. The molecule has 0 amide bonds. The summed E-state index contributed by atoms with van der Waals surface area (Å²) < 4.78 is 18.3. The molecule has 0 radical (unpaired) electrons. The summed E-state index contributed by atoms with van der Waals surface area (Å²) in [6.45, 7) is 6.63. The molecule has 5 heteroatoms. The molecule has 1 N–H and O–H groups in total. The van der Waals surface area contributed by atoms with Gasteiger partial charge in [0.25, 0.3) is 0 Å². The zero-order valence-electron chi connectivity index (χ0n) is 12.1. The molecule has 1 heterocycles. The summed E-state index contributed by atoms with van der Waals surface area (Å²) >= 11 is 0. The average Bonchev–Trinajstić information content (AvgIpc) is 2.82. The van der Waals surface area contributed by atoms with Crippen molar-refractivity contribution >= 4 is 0 Å². The second-order valence-corrected chi connectivity index (χ2v) is 5.28. The fourth-order valence-corrected chi connectivity index (χ4v) is 2.05. The lowest BCUT2D eigenvalue weighted by molar-refractivity contribution is 0.363. The van der Waals surface area contributed by atoms with Crippen molar-refractivity contribution < 1.29 is 8.81 Å². The Hall–Kier alpha value is -1.75. The number of nitrogens with one attached hydrogen (secondary N) is 1. The Morgan fingerprint density at radius 3 is 2.45 bits per heavy atom. The van der Waals surface area contributed by atoms with E-state index in [-0.39, 0.29) is 11.9 Å². The molecule has 0 aliphatic carbocycles. The van der Waals surface area contributed by atoms with E-state index in [2.05, 4.69) is 29.4 Å². The highest BCUT2D eigenvalue weighted by Crippen LogP contribution is 2.12. The fourth-order valence-electron chi connectivity index (χ4n) is 2.05. The Morgan fingerprint density at radius 2 is 1.90 bits per heavy atom. The van der Waals surface area contributed by atoms with Crippen molar-refractivity contribution in [3.63, 3.8) is 0 Å². The summed E-state index contributed by atoms with van der Waals surface area (Å²) in [5.41, 5.74) is 1.11. The van der Waals surface area contributed by atoms with Gasteiger partial charge in [0.05, 0.1) is 6.54 Å². The minimum atomic E-state index is -0.204. The molecule has 1 aromatic carbocycles. The van der Waals surface area contributed by atoms with Crippen LogP contribution in [0.4, 0.5) is 4.39 Å². The maximum absolute atomic E-state index is 12.9. The first-order chi connectivity index (χ1) is 9.54. The van der Waals surface area contributed by atoms with Crippen LogP contribution in [0.25, 0.3) is 0 Å². The highest BCUT2D eigenvalue weighted by atomic mass is 19.1. The zero-order chi connectivity index (χ0) is 14.5. The summed E-state index contributed by atoms with van der Waals surface area (Å²) in [5.74, 6) is 1.40. The van der Waals surface area contributed by atoms with E-state index < -0.39 is 0 Å². The first-order valence-electron chi connectivity index (χ1n) is 6.81. The molecule has 0 bridgehead atoms. The number of benzene rings is 1. The van der Waals surface area contributed by atoms with Gasteiger partial charge in [-0.25, -0.2) is 4.39 Å². The number of rotatable bonds is 6. The summed E-state index contributed by atoms with van der Waals surface area (Å²) in [6.07, 6.45) is 0.838. The van der Waals surface area contributed by atoms with E-state index in [1.54, 1.807) is 6.92 Å². The van der Waals surface area contributed by atoms with Crippen molar-refractivity contribution in [1.82, 2.24) is 15.5 Å².